The Hall–Kier alpha value is -2.07. The molecule has 0 bridgehead atoms. The smallest absolute Gasteiger partial charge is 0.223 e. The van der Waals surface area contributed by atoms with Crippen molar-refractivity contribution in [2.45, 2.75) is 80.7 Å². The Balaban J connectivity index is 2.59. The van der Waals surface area contributed by atoms with Crippen LogP contribution < -0.4 is 4.74 Å². The Morgan fingerprint density at radius 1 is 1.07 bits per heavy atom. The van der Waals surface area contributed by atoms with Crippen molar-refractivity contribution in [2.24, 2.45) is 0 Å². The van der Waals surface area contributed by atoms with Crippen molar-refractivity contribution < 1.29 is 9.53 Å². The molecule has 5 heteroatoms. The second kappa shape index (κ2) is 10.8. The molecule has 0 fully saturated rings. The molecule has 0 aliphatic rings. The highest BCUT2D eigenvalue weighted by molar-refractivity contribution is 6.32. The summed E-state index contributed by atoms with van der Waals surface area (Å²) in [7, 11) is 0. The predicted molar refractivity (Wildman–Crippen MR) is 126 cm³/mol. The van der Waals surface area contributed by atoms with Crippen LogP contribution >= 0.6 is 11.6 Å². The quantitative estimate of drug-likeness (QED) is 0.296. The van der Waals surface area contributed by atoms with E-state index in [1.165, 1.54) is 5.57 Å². The summed E-state index contributed by atoms with van der Waals surface area (Å²) in [4.78, 5) is 13.7. The molecule has 1 aromatic heterocycles. The summed E-state index contributed by atoms with van der Waals surface area (Å²) in [6.07, 6.45) is 4.02. The third kappa shape index (κ3) is 5.15. The maximum atomic E-state index is 13.7. The maximum absolute atomic E-state index is 13.7. The number of aromatic nitrogens is 2. The molecule has 0 aliphatic heterocycles. The summed E-state index contributed by atoms with van der Waals surface area (Å²) in [5.74, 6) is 0.535. The maximum Gasteiger partial charge on any atom is 0.223 e. The first-order chi connectivity index (χ1) is 14.2. The van der Waals surface area contributed by atoms with Crippen molar-refractivity contribution in [1.29, 1.82) is 0 Å². The molecule has 2 rings (SSSR count). The Bertz CT molecular complexity index is 937. The predicted octanol–water partition coefficient (Wildman–Crippen LogP) is 7.18. The van der Waals surface area contributed by atoms with Crippen molar-refractivity contribution in [3.05, 3.63) is 50.7 Å². The molecule has 1 aromatic carbocycles. The van der Waals surface area contributed by atoms with Crippen molar-refractivity contribution in [1.82, 2.24) is 9.78 Å². The highest BCUT2D eigenvalue weighted by Crippen LogP contribution is 2.34. The van der Waals surface area contributed by atoms with Gasteiger partial charge in [-0.1, -0.05) is 43.9 Å². The van der Waals surface area contributed by atoms with Gasteiger partial charge < -0.3 is 4.74 Å². The van der Waals surface area contributed by atoms with Crippen molar-refractivity contribution in [3.63, 3.8) is 0 Å². The van der Waals surface area contributed by atoms with Gasteiger partial charge in [0.25, 0.3) is 0 Å². The first-order valence-corrected chi connectivity index (χ1v) is 11.3. The van der Waals surface area contributed by atoms with Gasteiger partial charge in [-0.3, -0.25) is 4.79 Å². The fraction of sp³-hybridized carbons (Fsp3) is 0.520. The molecule has 0 aliphatic carbocycles. The lowest BCUT2D eigenvalue weighted by atomic mass is 9.91. The third-order valence-electron chi connectivity index (χ3n) is 5.55. The number of hydrogen-bond donors (Lipinski definition) is 0. The molecular weight excluding hydrogens is 396 g/mol. The summed E-state index contributed by atoms with van der Waals surface area (Å²) < 4.78 is 7.95. The molecular formula is C25H35ClN2O2. The fourth-order valence-corrected chi connectivity index (χ4v) is 3.86. The first kappa shape index (κ1) is 24.2. The number of benzene rings is 1. The van der Waals surface area contributed by atoms with Crippen LogP contribution in [-0.2, 0) is 6.54 Å². The number of nitrogens with zero attached hydrogens (tertiary/aromatic N) is 2. The molecule has 0 N–H and O–H groups in total. The van der Waals surface area contributed by atoms with Crippen LogP contribution in [0.1, 0.15) is 93.0 Å². The molecule has 0 radical (unpaired) electrons. The molecule has 2 aromatic rings. The molecule has 0 amide bonds. The van der Waals surface area contributed by atoms with E-state index in [1.807, 2.05) is 37.6 Å². The van der Waals surface area contributed by atoms with Gasteiger partial charge in [0.1, 0.15) is 5.56 Å². The number of carbonyl (C=O) groups excluding carboxylic acids is 1. The number of allylic oxidation sites excluding steroid dienone is 2. The number of carbonyl (C=O) groups is 1. The Kier molecular flexibility index (Phi) is 8.72. The molecule has 1 heterocycles. The lowest BCUT2D eigenvalue weighted by Crippen LogP contribution is -2.11. The summed E-state index contributed by atoms with van der Waals surface area (Å²) in [6.45, 7) is 15.6. The number of ketones is 1. The lowest BCUT2D eigenvalue weighted by Gasteiger charge is -2.15. The van der Waals surface area contributed by atoms with Crippen LogP contribution in [-0.4, -0.2) is 22.2 Å². The van der Waals surface area contributed by atoms with Crippen molar-refractivity contribution >= 4 is 23.0 Å². The summed E-state index contributed by atoms with van der Waals surface area (Å²) >= 11 is 6.51. The van der Waals surface area contributed by atoms with Gasteiger partial charge in [0.2, 0.25) is 11.7 Å². The van der Waals surface area contributed by atoms with Crippen LogP contribution in [0.3, 0.4) is 0 Å². The molecule has 0 spiro atoms. The van der Waals surface area contributed by atoms with Crippen LogP contribution in [0.25, 0.3) is 5.57 Å². The average Bonchev–Trinajstić information content (AvgIpc) is 3.01. The SMILES string of the molecule is CCCCOc1c(C(=O)c2ccc(Cl)c(C(C)=C(C)C)c2C)c(C)nn1CCCC. The molecule has 0 unspecified atom stereocenters. The van der Waals surface area contributed by atoms with Gasteiger partial charge in [-0.15, -0.1) is 0 Å². The van der Waals surface area contributed by atoms with Gasteiger partial charge in [0.05, 0.1) is 12.3 Å². The topological polar surface area (TPSA) is 44.1 Å². The second-order valence-electron chi connectivity index (χ2n) is 8.09. The number of hydrogen-bond acceptors (Lipinski definition) is 3. The highest BCUT2D eigenvalue weighted by Gasteiger charge is 2.26. The fourth-order valence-electron chi connectivity index (χ4n) is 3.51. The summed E-state index contributed by atoms with van der Waals surface area (Å²) in [5, 5.41) is 5.31. The van der Waals surface area contributed by atoms with Crippen LogP contribution in [0.4, 0.5) is 0 Å². The molecule has 4 nitrogen and oxygen atoms in total. The monoisotopic (exact) mass is 430 g/mol. The molecule has 0 saturated carbocycles. The van der Waals surface area contributed by atoms with Gasteiger partial charge in [-0.05, 0) is 76.3 Å². The van der Waals surface area contributed by atoms with Gasteiger partial charge in [-0.25, -0.2) is 4.68 Å². The van der Waals surface area contributed by atoms with Crippen molar-refractivity contribution in [2.75, 3.05) is 6.61 Å². The summed E-state index contributed by atoms with van der Waals surface area (Å²) in [6, 6.07) is 3.64. The van der Waals surface area contributed by atoms with Crippen molar-refractivity contribution in [3.8, 4) is 5.88 Å². The number of unbranched alkanes of at least 4 members (excludes halogenated alkanes) is 2. The van der Waals surface area contributed by atoms with Crippen LogP contribution in [0.5, 0.6) is 5.88 Å². The largest absolute Gasteiger partial charge is 0.477 e. The molecule has 164 valence electrons. The zero-order valence-corrected chi connectivity index (χ0v) is 20.2. The van der Waals surface area contributed by atoms with Crippen LogP contribution in [0.2, 0.25) is 5.02 Å². The Morgan fingerprint density at radius 3 is 2.33 bits per heavy atom. The van der Waals surface area contributed by atoms with E-state index in [2.05, 4.69) is 32.8 Å². The van der Waals surface area contributed by atoms with Gasteiger partial charge in [0.15, 0.2) is 0 Å². The Labute approximate surface area is 186 Å². The molecule has 0 atom stereocenters. The number of ether oxygens (including phenoxy) is 1. The number of halogens is 1. The van der Waals surface area contributed by atoms with E-state index < -0.39 is 0 Å². The zero-order chi connectivity index (χ0) is 22.4. The number of rotatable bonds is 10. The Morgan fingerprint density at radius 2 is 1.73 bits per heavy atom. The van der Waals surface area contributed by atoms with Gasteiger partial charge >= 0.3 is 0 Å². The zero-order valence-electron chi connectivity index (χ0n) is 19.5. The number of aryl methyl sites for hydroxylation is 2. The van der Waals surface area contributed by atoms with E-state index in [4.69, 9.17) is 16.3 Å². The molecule has 0 saturated heterocycles. The van der Waals surface area contributed by atoms with E-state index in [0.717, 1.165) is 48.9 Å². The normalized spacial score (nSPS) is 10.9. The highest BCUT2D eigenvalue weighted by atomic mass is 35.5. The minimum absolute atomic E-state index is 0.0567. The average molecular weight is 431 g/mol. The first-order valence-electron chi connectivity index (χ1n) is 10.9. The van der Waals surface area contributed by atoms with Crippen LogP contribution in [0, 0.1) is 13.8 Å². The van der Waals surface area contributed by atoms with Gasteiger partial charge in [0, 0.05) is 17.1 Å². The van der Waals surface area contributed by atoms with E-state index in [9.17, 15) is 4.79 Å². The van der Waals surface area contributed by atoms with Gasteiger partial charge in [-0.2, -0.15) is 5.10 Å². The van der Waals surface area contributed by atoms with E-state index in [0.29, 0.717) is 34.3 Å². The lowest BCUT2D eigenvalue weighted by molar-refractivity contribution is 0.103. The summed E-state index contributed by atoms with van der Waals surface area (Å²) in [5.41, 5.74) is 6.02. The van der Waals surface area contributed by atoms with E-state index in [1.54, 1.807) is 0 Å². The molecule has 30 heavy (non-hydrogen) atoms. The standard InChI is InChI=1S/C25H35ClN2O2/c1-8-10-14-28-25(30-15-11-9-2)23(19(7)27-28)24(29)20-12-13-21(26)22(18(20)6)17(5)16(3)4/h12-13H,8-11,14-15H2,1-7H3. The minimum atomic E-state index is -0.0567. The second-order valence-corrected chi connectivity index (χ2v) is 8.50. The third-order valence-corrected chi connectivity index (χ3v) is 5.87. The van der Waals surface area contributed by atoms with Crippen LogP contribution in [0.15, 0.2) is 17.7 Å². The van der Waals surface area contributed by atoms with E-state index in [-0.39, 0.29) is 5.78 Å². The minimum Gasteiger partial charge on any atom is -0.477 e. The van der Waals surface area contributed by atoms with E-state index >= 15 is 0 Å².